The largest absolute Gasteiger partial charge is 0.384 e. The van der Waals surface area contributed by atoms with E-state index in [-0.39, 0.29) is 0 Å². The average Bonchev–Trinajstić information content (AvgIpc) is 3.41. The number of pyridine rings is 1. The highest BCUT2D eigenvalue weighted by atomic mass is 32.1. The lowest BCUT2D eigenvalue weighted by atomic mass is 10.1. The molecule has 3 N–H and O–H groups in total. The molecule has 0 spiro atoms. The first kappa shape index (κ1) is 21.7. The van der Waals surface area contributed by atoms with Gasteiger partial charge in [0.15, 0.2) is 0 Å². The van der Waals surface area contributed by atoms with Crippen molar-refractivity contribution in [2.75, 3.05) is 23.8 Å². The van der Waals surface area contributed by atoms with Gasteiger partial charge < -0.3 is 20.5 Å². The lowest BCUT2D eigenvalue weighted by Crippen LogP contribution is -2.19. The Morgan fingerprint density at radius 2 is 1.97 bits per heavy atom. The average molecular weight is 466 g/mol. The number of fused-ring (bicyclic) bond motifs is 1. The van der Waals surface area contributed by atoms with Crippen LogP contribution in [0.5, 0.6) is 0 Å². The minimum absolute atomic E-state index is 0.351. The summed E-state index contributed by atoms with van der Waals surface area (Å²) in [6, 6.07) is 5.88. The minimum Gasteiger partial charge on any atom is -0.384 e. The van der Waals surface area contributed by atoms with Crippen molar-refractivity contribution >= 4 is 44.8 Å². The molecule has 0 amide bonds. The molecule has 10 heteroatoms. The van der Waals surface area contributed by atoms with Crippen molar-refractivity contribution in [3.63, 3.8) is 0 Å². The quantitative estimate of drug-likeness (QED) is 0.377. The van der Waals surface area contributed by atoms with Gasteiger partial charge in [0.2, 0.25) is 5.95 Å². The van der Waals surface area contributed by atoms with Gasteiger partial charge >= 0.3 is 0 Å². The van der Waals surface area contributed by atoms with Gasteiger partial charge in [0.05, 0.1) is 29.0 Å². The number of aryl methyl sites for hydroxylation is 1. The third-order valence-corrected chi connectivity index (χ3v) is 6.65. The lowest BCUT2D eigenvalue weighted by molar-refractivity contribution is 0.0662. The zero-order chi connectivity index (χ0) is 23.0. The Morgan fingerprint density at radius 1 is 1.15 bits per heavy atom. The highest BCUT2D eigenvalue weighted by molar-refractivity contribution is 7.17. The predicted molar refractivity (Wildman–Crippen MR) is 130 cm³/mol. The molecule has 33 heavy (non-hydrogen) atoms. The molecule has 172 valence electrons. The number of aromatic nitrogens is 5. The lowest BCUT2D eigenvalue weighted by Gasteiger charge is -2.22. The molecule has 0 saturated carbocycles. The van der Waals surface area contributed by atoms with E-state index in [4.69, 9.17) is 14.7 Å². The topological polar surface area (TPSA) is 110 Å². The molecule has 0 atom stereocenters. The van der Waals surface area contributed by atoms with E-state index < -0.39 is 5.60 Å². The highest BCUT2D eigenvalue weighted by Crippen LogP contribution is 2.33. The molecule has 4 aromatic heterocycles. The van der Waals surface area contributed by atoms with Crippen LogP contribution in [0.3, 0.4) is 0 Å². The third kappa shape index (κ3) is 4.68. The molecule has 1 aliphatic heterocycles. The Kier molecular flexibility index (Phi) is 5.73. The zero-order valence-corrected chi connectivity index (χ0v) is 19.7. The number of hydrogen-bond donors (Lipinski definition) is 3. The van der Waals surface area contributed by atoms with Gasteiger partial charge in [0.25, 0.3) is 0 Å². The fraction of sp³-hybridized carbons (Fsp3) is 0.391. The van der Waals surface area contributed by atoms with Crippen LogP contribution >= 0.6 is 11.3 Å². The summed E-state index contributed by atoms with van der Waals surface area (Å²) in [6.45, 7) is 7.01. The van der Waals surface area contributed by atoms with Crippen LogP contribution in [0.15, 0.2) is 36.0 Å². The molecule has 1 saturated heterocycles. The summed E-state index contributed by atoms with van der Waals surface area (Å²) < 4.78 is 7.44. The molecule has 0 aromatic carbocycles. The summed E-state index contributed by atoms with van der Waals surface area (Å²) >= 11 is 1.57. The van der Waals surface area contributed by atoms with Crippen LogP contribution in [-0.4, -0.2) is 43.1 Å². The van der Waals surface area contributed by atoms with Gasteiger partial charge in [0, 0.05) is 19.4 Å². The van der Waals surface area contributed by atoms with Crippen LogP contribution in [0, 0.1) is 6.92 Å². The maximum absolute atomic E-state index is 10.3. The Labute approximate surface area is 195 Å². The zero-order valence-electron chi connectivity index (χ0n) is 18.9. The Bertz CT molecular complexity index is 1270. The minimum atomic E-state index is -1.03. The van der Waals surface area contributed by atoms with Gasteiger partial charge in [-0.2, -0.15) is 10.1 Å². The second-order valence-corrected chi connectivity index (χ2v) is 9.62. The third-order valence-electron chi connectivity index (χ3n) is 5.66. The number of thiophene rings is 1. The summed E-state index contributed by atoms with van der Waals surface area (Å²) in [5.41, 5.74) is 1.48. The SMILES string of the molecule is Cc1csc2nc(Nc3cnn(C4CCOCC4)c3)nc(Nc3cccc(C(C)(C)O)n3)c12. The first-order valence-electron chi connectivity index (χ1n) is 11.0. The van der Waals surface area contributed by atoms with E-state index in [1.165, 1.54) is 0 Å². The molecule has 0 bridgehead atoms. The van der Waals surface area contributed by atoms with Gasteiger partial charge in [-0.25, -0.2) is 9.97 Å². The van der Waals surface area contributed by atoms with Crippen LogP contribution < -0.4 is 10.6 Å². The number of anilines is 4. The number of hydrogen-bond acceptors (Lipinski definition) is 9. The molecule has 1 aliphatic rings. The summed E-state index contributed by atoms with van der Waals surface area (Å²) in [5, 5.41) is 24.5. The van der Waals surface area contributed by atoms with E-state index in [0.717, 1.165) is 47.5 Å². The van der Waals surface area contributed by atoms with Crippen LogP contribution in [-0.2, 0) is 10.3 Å². The predicted octanol–water partition coefficient (Wildman–Crippen LogP) is 4.66. The molecule has 0 aliphatic carbocycles. The van der Waals surface area contributed by atoms with E-state index in [9.17, 15) is 5.11 Å². The second-order valence-electron chi connectivity index (χ2n) is 8.76. The molecule has 0 unspecified atom stereocenters. The molecule has 4 aromatic rings. The molecule has 5 rings (SSSR count). The number of ether oxygens (including phenoxy) is 1. The molecule has 5 heterocycles. The fourth-order valence-electron chi connectivity index (χ4n) is 3.88. The first-order valence-corrected chi connectivity index (χ1v) is 11.9. The summed E-state index contributed by atoms with van der Waals surface area (Å²) in [4.78, 5) is 14.9. The van der Waals surface area contributed by atoms with Gasteiger partial charge in [-0.1, -0.05) is 6.07 Å². The molecule has 0 radical (unpaired) electrons. The van der Waals surface area contributed by atoms with E-state index in [0.29, 0.717) is 29.3 Å². The molecular formula is C23H27N7O2S. The van der Waals surface area contributed by atoms with Crippen molar-refractivity contribution in [3.8, 4) is 0 Å². The maximum atomic E-state index is 10.3. The highest BCUT2D eigenvalue weighted by Gasteiger charge is 2.20. The van der Waals surface area contributed by atoms with Crippen LogP contribution in [0.1, 0.15) is 44.0 Å². The van der Waals surface area contributed by atoms with Crippen LogP contribution in [0.2, 0.25) is 0 Å². The van der Waals surface area contributed by atoms with E-state index in [2.05, 4.69) is 26.1 Å². The van der Waals surface area contributed by atoms with Crippen molar-refractivity contribution in [1.82, 2.24) is 24.7 Å². The normalized spacial score (nSPS) is 15.2. The molecule has 1 fully saturated rings. The number of nitrogens with one attached hydrogen (secondary N) is 2. The number of nitrogens with zero attached hydrogens (tertiary/aromatic N) is 5. The second kappa shape index (κ2) is 8.69. The summed E-state index contributed by atoms with van der Waals surface area (Å²) in [7, 11) is 0. The van der Waals surface area contributed by atoms with Gasteiger partial charge in [-0.3, -0.25) is 4.68 Å². The van der Waals surface area contributed by atoms with Crippen LogP contribution in [0.25, 0.3) is 10.2 Å². The Balaban J connectivity index is 1.44. The monoisotopic (exact) mass is 465 g/mol. The van der Waals surface area contributed by atoms with Crippen LogP contribution in [0.4, 0.5) is 23.3 Å². The van der Waals surface area contributed by atoms with E-state index in [1.807, 2.05) is 29.9 Å². The number of rotatable bonds is 6. The smallest absolute Gasteiger partial charge is 0.230 e. The van der Waals surface area contributed by atoms with Crippen molar-refractivity contribution in [2.24, 2.45) is 0 Å². The summed E-state index contributed by atoms with van der Waals surface area (Å²) in [5.74, 6) is 1.76. The Morgan fingerprint density at radius 3 is 2.76 bits per heavy atom. The molecule has 9 nitrogen and oxygen atoms in total. The number of aliphatic hydroxyl groups is 1. The first-order chi connectivity index (χ1) is 15.9. The van der Waals surface area contributed by atoms with Gasteiger partial charge in [0.1, 0.15) is 22.1 Å². The van der Waals surface area contributed by atoms with Gasteiger partial charge in [-0.05, 0) is 56.7 Å². The standard InChI is InChI=1S/C23H27N7O2S/c1-14-13-33-21-19(14)20(27-18-6-4-5-17(26-18)23(2,3)31)28-22(29-21)25-15-11-24-30(12-15)16-7-9-32-10-8-16/h4-6,11-13,16,31H,7-10H2,1-3H3,(H2,25,26,27,28,29). The summed E-state index contributed by atoms with van der Waals surface area (Å²) in [6.07, 6.45) is 5.71. The van der Waals surface area contributed by atoms with Crippen molar-refractivity contribution < 1.29 is 9.84 Å². The molecular weight excluding hydrogens is 438 g/mol. The van der Waals surface area contributed by atoms with E-state index in [1.54, 1.807) is 37.4 Å². The van der Waals surface area contributed by atoms with Crippen molar-refractivity contribution in [2.45, 2.75) is 45.3 Å². The Hall–Kier alpha value is -3.08. The van der Waals surface area contributed by atoms with Gasteiger partial charge in [-0.15, -0.1) is 11.3 Å². The van der Waals surface area contributed by atoms with Crippen molar-refractivity contribution in [1.29, 1.82) is 0 Å². The van der Waals surface area contributed by atoms with E-state index >= 15 is 0 Å². The van der Waals surface area contributed by atoms with Crippen molar-refractivity contribution in [3.05, 3.63) is 47.2 Å². The fourth-order valence-corrected chi connectivity index (χ4v) is 4.80. The maximum Gasteiger partial charge on any atom is 0.230 e.